The summed E-state index contributed by atoms with van der Waals surface area (Å²) in [5, 5.41) is 5.01. The molecule has 1 aromatic heterocycles. The smallest absolute Gasteiger partial charge is 0.164 e. The Morgan fingerprint density at radius 3 is 1.69 bits per heavy atom. The van der Waals surface area contributed by atoms with Crippen molar-refractivity contribution >= 4 is 21.5 Å². The summed E-state index contributed by atoms with van der Waals surface area (Å²) in [5.41, 5.74) is 11.4. The van der Waals surface area contributed by atoms with E-state index in [1.54, 1.807) is 5.56 Å². The summed E-state index contributed by atoms with van der Waals surface area (Å²) in [6, 6.07) is 55.4. The van der Waals surface area contributed by atoms with Gasteiger partial charge in [-0.25, -0.2) is 15.0 Å². The summed E-state index contributed by atoms with van der Waals surface area (Å²) in [5.74, 6) is 5.26. The third-order valence-electron chi connectivity index (χ3n) is 13.7. The normalized spacial score (nSPS) is 23.3. The summed E-state index contributed by atoms with van der Waals surface area (Å²) >= 11 is 0. The van der Waals surface area contributed by atoms with Crippen molar-refractivity contribution < 1.29 is 0 Å². The van der Waals surface area contributed by atoms with E-state index in [0.29, 0.717) is 23.5 Å². The topological polar surface area (TPSA) is 38.7 Å². The highest BCUT2D eigenvalue weighted by Gasteiger charge is 2.61. The Labute approximate surface area is 315 Å². The van der Waals surface area contributed by atoms with Gasteiger partial charge in [-0.3, -0.25) is 0 Å². The van der Waals surface area contributed by atoms with Gasteiger partial charge >= 0.3 is 0 Å². The quantitative estimate of drug-likeness (QED) is 0.184. The van der Waals surface area contributed by atoms with Crippen LogP contribution < -0.4 is 0 Å². The molecule has 1 heterocycles. The van der Waals surface area contributed by atoms with Gasteiger partial charge in [0, 0.05) is 22.1 Å². The van der Waals surface area contributed by atoms with Crippen LogP contribution in [0.5, 0.6) is 0 Å². The molecule has 258 valence electrons. The Morgan fingerprint density at radius 2 is 0.926 bits per heavy atom. The van der Waals surface area contributed by atoms with Gasteiger partial charge < -0.3 is 0 Å². The predicted octanol–water partition coefficient (Wildman–Crippen LogP) is 12.6. The monoisotopic (exact) mass is 693 g/mol. The summed E-state index contributed by atoms with van der Waals surface area (Å²) in [6.07, 6.45) is 6.84. The summed E-state index contributed by atoms with van der Waals surface area (Å²) in [6.45, 7) is 0. The minimum atomic E-state index is 0.0414. The molecule has 4 bridgehead atoms. The lowest BCUT2D eigenvalue weighted by molar-refractivity contribution is -0.0398. The predicted molar refractivity (Wildman–Crippen MR) is 220 cm³/mol. The van der Waals surface area contributed by atoms with Gasteiger partial charge in [-0.05, 0) is 129 Å². The molecule has 54 heavy (non-hydrogen) atoms. The minimum Gasteiger partial charge on any atom is -0.208 e. The van der Waals surface area contributed by atoms with Crippen LogP contribution in [0.15, 0.2) is 152 Å². The molecule has 4 saturated carbocycles. The standard InChI is InChI=1S/C51H39N3/c1-2-9-33(10-3-1)34-17-19-36(20-18-34)48-52-49(54-50(53-48)44-16-8-14-35-11-6-7-15-42(35)44)39-21-22-43-45-28-37-12-4-5-13-38(37)29-47(45)51(46(43)30-39)40-24-31-23-32(26-40)27-41(51)25-31/h1-22,28-32,40-41H,23-27H2. The zero-order valence-electron chi connectivity index (χ0n) is 30.1. The molecule has 0 amide bonds. The van der Waals surface area contributed by atoms with Gasteiger partial charge in [0.05, 0.1) is 0 Å². The zero-order valence-corrected chi connectivity index (χ0v) is 30.1. The lowest BCUT2D eigenvalue weighted by Gasteiger charge is -2.61. The van der Waals surface area contributed by atoms with Crippen LogP contribution in [0.4, 0.5) is 0 Å². The third-order valence-corrected chi connectivity index (χ3v) is 13.7. The van der Waals surface area contributed by atoms with E-state index in [4.69, 9.17) is 15.0 Å². The second-order valence-corrected chi connectivity index (χ2v) is 16.5. The van der Waals surface area contributed by atoms with Crippen LogP contribution in [0.3, 0.4) is 0 Å². The molecule has 0 saturated heterocycles. The maximum absolute atomic E-state index is 5.34. The van der Waals surface area contributed by atoms with Crippen LogP contribution in [-0.2, 0) is 5.41 Å². The molecule has 3 nitrogen and oxygen atoms in total. The summed E-state index contributed by atoms with van der Waals surface area (Å²) in [7, 11) is 0. The molecular weight excluding hydrogens is 655 g/mol. The molecule has 3 heteroatoms. The van der Waals surface area contributed by atoms with Gasteiger partial charge in [0.15, 0.2) is 17.5 Å². The van der Waals surface area contributed by atoms with E-state index < -0.39 is 0 Å². The first-order valence-corrected chi connectivity index (χ1v) is 19.8. The first-order chi connectivity index (χ1) is 26.7. The fourth-order valence-electron chi connectivity index (χ4n) is 11.6. The molecule has 5 aliphatic rings. The second-order valence-electron chi connectivity index (χ2n) is 16.5. The third kappa shape index (κ3) is 4.45. The van der Waals surface area contributed by atoms with E-state index in [2.05, 4.69) is 152 Å². The van der Waals surface area contributed by atoms with Gasteiger partial charge in [-0.15, -0.1) is 0 Å². The average Bonchev–Trinajstić information content (AvgIpc) is 3.50. The molecule has 0 N–H and O–H groups in total. The van der Waals surface area contributed by atoms with Gasteiger partial charge in [0.2, 0.25) is 0 Å². The highest BCUT2D eigenvalue weighted by Crippen LogP contribution is 2.69. The van der Waals surface area contributed by atoms with Crippen molar-refractivity contribution in [1.82, 2.24) is 15.0 Å². The fourth-order valence-corrected chi connectivity index (χ4v) is 11.6. The van der Waals surface area contributed by atoms with E-state index in [1.807, 2.05) is 0 Å². The van der Waals surface area contributed by atoms with E-state index >= 15 is 0 Å². The maximum Gasteiger partial charge on any atom is 0.164 e. The number of aromatic nitrogens is 3. The van der Waals surface area contributed by atoms with Crippen LogP contribution in [-0.4, -0.2) is 15.0 Å². The van der Waals surface area contributed by atoms with Crippen molar-refractivity contribution in [2.75, 3.05) is 0 Å². The molecule has 4 fully saturated rings. The first-order valence-electron chi connectivity index (χ1n) is 19.8. The van der Waals surface area contributed by atoms with E-state index in [-0.39, 0.29) is 5.41 Å². The SMILES string of the molecule is c1ccc(-c2ccc(-c3nc(-c4ccc5c(c4)C4(c6cc7ccccc7cc6-5)C5CC6CC(C5)CC4C6)nc(-c4cccc5ccccc45)n3)cc2)cc1. The Bertz CT molecular complexity index is 2750. The summed E-state index contributed by atoms with van der Waals surface area (Å²) < 4.78 is 0. The van der Waals surface area contributed by atoms with Crippen molar-refractivity contribution in [3.63, 3.8) is 0 Å². The van der Waals surface area contributed by atoms with Crippen molar-refractivity contribution in [2.24, 2.45) is 23.7 Å². The average molecular weight is 694 g/mol. The first kappa shape index (κ1) is 30.5. The number of nitrogens with zero attached hydrogens (tertiary/aromatic N) is 3. The number of hydrogen-bond donors (Lipinski definition) is 0. The van der Waals surface area contributed by atoms with Gasteiger partial charge in [0.1, 0.15) is 0 Å². The zero-order chi connectivity index (χ0) is 35.4. The van der Waals surface area contributed by atoms with Crippen LogP contribution in [0.25, 0.3) is 78.0 Å². The molecule has 0 radical (unpaired) electrons. The maximum atomic E-state index is 5.34. The van der Waals surface area contributed by atoms with E-state index in [0.717, 1.165) is 39.7 Å². The molecule has 13 rings (SSSR count). The highest BCUT2D eigenvalue weighted by molar-refractivity contribution is 5.96. The van der Waals surface area contributed by atoms with Gasteiger partial charge in [-0.2, -0.15) is 0 Å². The molecule has 0 unspecified atom stereocenters. The molecule has 0 atom stereocenters. The van der Waals surface area contributed by atoms with Crippen molar-refractivity contribution in [3.8, 4) is 56.4 Å². The Morgan fingerprint density at radius 1 is 0.370 bits per heavy atom. The van der Waals surface area contributed by atoms with Gasteiger partial charge in [0.25, 0.3) is 0 Å². The number of benzene rings is 7. The van der Waals surface area contributed by atoms with Crippen molar-refractivity contribution in [2.45, 2.75) is 37.5 Å². The van der Waals surface area contributed by atoms with E-state index in [1.165, 1.54) is 76.1 Å². The van der Waals surface area contributed by atoms with E-state index in [9.17, 15) is 0 Å². The van der Waals surface area contributed by atoms with Crippen LogP contribution >= 0.6 is 0 Å². The van der Waals surface area contributed by atoms with Crippen LogP contribution in [0, 0.1) is 23.7 Å². The minimum absolute atomic E-state index is 0.0414. The Balaban J connectivity index is 1.06. The highest BCUT2D eigenvalue weighted by atomic mass is 15.0. The van der Waals surface area contributed by atoms with Crippen molar-refractivity contribution in [3.05, 3.63) is 163 Å². The lowest BCUT2D eigenvalue weighted by Crippen LogP contribution is -2.55. The number of rotatable bonds is 4. The van der Waals surface area contributed by atoms with Gasteiger partial charge in [-0.1, -0.05) is 133 Å². The lowest BCUT2D eigenvalue weighted by atomic mass is 9.43. The Hall–Kier alpha value is -5.93. The van der Waals surface area contributed by atoms with Crippen LogP contribution in [0.2, 0.25) is 0 Å². The molecule has 8 aromatic rings. The second kappa shape index (κ2) is 11.5. The number of hydrogen-bond acceptors (Lipinski definition) is 3. The van der Waals surface area contributed by atoms with Crippen molar-refractivity contribution in [1.29, 1.82) is 0 Å². The molecule has 5 aliphatic carbocycles. The molecule has 7 aromatic carbocycles. The summed E-state index contributed by atoms with van der Waals surface area (Å²) in [4.78, 5) is 15.8. The fraction of sp³-hybridized carbons (Fsp3) is 0.196. The molecule has 0 aliphatic heterocycles. The largest absolute Gasteiger partial charge is 0.208 e. The Kier molecular flexibility index (Phi) is 6.52. The molecule has 1 spiro atoms. The van der Waals surface area contributed by atoms with Crippen LogP contribution in [0.1, 0.15) is 43.2 Å². The molecular formula is C51H39N3. The number of fused-ring (bicyclic) bond motifs is 5.